The van der Waals surface area contributed by atoms with Crippen LogP contribution in [0.15, 0.2) is 23.3 Å². The molecule has 0 heterocycles. The molecule has 0 saturated carbocycles. The van der Waals surface area contributed by atoms with Crippen molar-refractivity contribution < 1.29 is 14.0 Å². The average molecular weight is 217 g/mol. The van der Waals surface area contributed by atoms with Crippen molar-refractivity contribution in [2.45, 2.75) is 33.6 Å². The summed E-state index contributed by atoms with van der Waals surface area (Å²) >= 11 is 0. The van der Waals surface area contributed by atoms with E-state index >= 15 is 0 Å². The minimum atomic E-state index is -2.47. The van der Waals surface area contributed by atoms with Gasteiger partial charge in [0.25, 0.3) is 0 Å². The maximum atomic E-state index is 10.2. The van der Waals surface area contributed by atoms with Crippen molar-refractivity contribution in [2.75, 3.05) is 6.61 Å². The van der Waals surface area contributed by atoms with Crippen LogP contribution < -0.4 is 0 Å². The highest BCUT2D eigenvalue weighted by atomic mass is 31.1. The SMILES string of the molecule is CC=C(C)CCC=C(C)CO[P+](=O)O. The maximum absolute atomic E-state index is 10.2. The Balaban J connectivity index is 3.71. The van der Waals surface area contributed by atoms with Crippen molar-refractivity contribution >= 4 is 8.25 Å². The summed E-state index contributed by atoms with van der Waals surface area (Å²) in [5.74, 6) is 0. The van der Waals surface area contributed by atoms with Crippen molar-refractivity contribution in [2.24, 2.45) is 0 Å². The summed E-state index contributed by atoms with van der Waals surface area (Å²) < 4.78 is 14.8. The molecule has 0 radical (unpaired) electrons. The van der Waals surface area contributed by atoms with Crippen LogP contribution in [0, 0.1) is 0 Å². The van der Waals surface area contributed by atoms with Crippen molar-refractivity contribution in [1.82, 2.24) is 0 Å². The highest BCUT2D eigenvalue weighted by molar-refractivity contribution is 7.32. The summed E-state index contributed by atoms with van der Waals surface area (Å²) in [6.07, 6.45) is 6.10. The molecule has 3 nitrogen and oxygen atoms in total. The molecular weight excluding hydrogens is 199 g/mol. The Morgan fingerprint density at radius 1 is 1.43 bits per heavy atom. The molecule has 4 heteroatoms. The fourth-order valence-electron chi connectivity index (χ4n) is 0.907. The van der Waals surface area contributed by atoms with E-state index in [4.69, 9.17) is 4.89 Å². The Morgan fingerprint density at radius 2 is 2.07 bits per heavy atom. The monoisotopic (exact) mass is 217 g/mol. The largest absolute Gasteiger partial charge is 0.695 e. The predicted molar refractivity (Wildman–Crippen MR) is 58.2 cm³/mol. The fourth-order valence-corrected chi connectivity index (χ4v) is 1.22. The van der Waals surface area contributed by atoms with E-state index in [1.165, 1.54) is 5.57 Å². The van der Waals surface area contributed by atoms with Gasteiger partial charge in [0.05, 0.1) is 0 Å². The van der Waals surface area contributed by atoms with Crippen LogP contribution in [0.4, 0.5) is 0 Å². The first-order valence-corrected chi connectivity index (χ1v) is 5.75. The van der Waals surface area contributed by atoms with Crippen molar-refractivity contribution in [3.8, 4) is 0 Å². The van der Waals surface area contributed by atoms with Gasteiger partial charge in [-0.2, -0.15) is 0 Å². The third kappa shape index (κ3) is 8.11. The Hall–Kier alpha value is -0.500. The molecule has 1 atom stereocenters. The molecule has 0 aliphatic heterocycles. The van der Waals surface area contributed by atoms with E-state index in [1.54, 1.807) is 0 Å². The molecule has 80 valence electrons. The van der Waals surface area contributed by atoms with Crippen LogP contribution in [0.2, 0.25) is 0 Å². The lowest BCUT2D eigenvalue weighted by Gasteiger charge is -1.97. The maximum Gasteiger partial charge on any atom is 0.695 e. The summed E-state index contributed by atoms with van der Waals surface area (Å²) in [7, 11) is -2.47. The summed E-state index contributed by atoms with van der Waals surface area (Å²) in [6.45, 7) is 6.24. The van der Waals surface area contributed by atoms with Crippen LogP contribution in [0.25, 0.3) is 0 Å². The van der Waals surface area contributed by atoms with Crippen molar-refractivity contribution in [1.29, 1.82) is 0 Å². The second-order valence-corrected chi connectivity index (χ2v) is 3.97. The molecule has 0 spiro atoms. The van der Waals surface area contributed by atoms with Gasteiger partial charge in [0.2, 0.25) is 0 Å². The number of allylic oxidation sites excluding steroid dienone is 3. The minimum absolute atomic E-state index is 0.237. The molecule has 0 aliphatic carbocycles. The lowest BCUT2D eigenvalue weighted by molar-refractivity contribution is 0.305. The van der Waals surface area contributed by atoms with E-state index in [9.17, 15) is 4.57 Å². The van der Waals surface area contributed by atoms with Crippen LogP contribution in [0.3, 0.4) is 0 Å². The van der Waals surface area contributed by atoms with Gasteiger partial charge < -0.3 is 0 Å². The minimum Gasteiger partial charge on any atom is -0.133 e. The molecule has 1 unspecified atom stereocenters. The topological polar surface area (TPSA) is 46.5 Å². The molecule has 0 fully saturated rings. The average Bonchev–Trinajstić information content (AvgIpc) is 2.14. The zero-order valence-electron chi connectivity index (χ0n) is 8.99. The second-order valence-electron chi connectivity index (χ2n) is 3.24. The summed E-state index contributed by atoms with van der Waals surface area (Å²) in [6, 6.07) is 0. The lowest BCUT2D eigenvalue weighted by atomic mass is 10.1. The Bertz CT molecular complexity index is 244. The lowest BCUT2D eigenvalue weighted by Crippen LogP contribution is -1.88. The first kappa shape index (κ1) is 13.5. The number of hydrogen-bond donors (Lipinski definition) is 1. The van der Waals surface area contributed by atoms with Gasteiger partial charge in [-0.3, -0.25) is 0 Å². The van der Waals surface area contributed by atoms with E-state index in [2.05, 4.69) is 17.5 Å². The molecule has 0 aromatic rings. The normalized spacial score (nSPS) is 14.4. The first-order valence-electron chi connectivity index (χ1n) is 4.62. The van der Waals surface area contributed by atoms with E-state index < -0.39 is 8.25 Å². The van der Waals surface area contributed by atoms with Crippen LogP contribution in [-0.4, -0.2) is 11.5 Å². The molecule has 1 N–H and O–H groups in total. The van der Waals surface area contributed by atoms with Gasteiger partial charge in [-0.05, 0) is 39.2 Å². The summed E-state index contributed by atoms with van der Waals surface area (Å²) in [5, 5.41) is 0. The van der Waals surface area contributed by atoms with Crippen LogP contribution in [0.1, 0.15) is 33.6 Å². The fraction of sp³-hybridized carbons (Fsp3) is 0.600. The number of hydrogen-bond acceptors (Lipinski definition) is 2. The zero-order valence-corrected chi connectivity index (χ0v) is 9.88. The zero-order chi connectivity index (χ0) is 11.0. The molecule has 0 aromatic carbocycles. The molecule has 0 aromatic heterocycles. The van der Waals surface area contributed by atoms with Gasteiger partial charge in [0.15, 0.2) is 0 Å². The summed E-state index contributed by atoms with van der Waals surface area (Å²) in [4.78, 5) is 8.40. The van der Waals surface area contributed by atoms with Gasteiger partial charge >= 0.3 is 8.25 Å². The van der Waals surface area contributed by atoms with Crippen molar-refractivity contribution in [3.05, 3.63) is 23.3 Å². The molecular formula is C10H18O3P+. The first-order chi connectivity index (χ1) is 6.56. The highest BCUT2D eigenvalue weighted by Gasteiger charge is 2.10. The van der Waals surface area contributed by atoms with Crippen LogP contribution >= 0.6 is 8.25 Å². The van der Waals surface area contributed by atoms with Crippen molar-refractivity contribution in [3.63, 3.8) is 0 Å². The molecule has 0 rings (SSSR count). The Labute approximate surface area is 86.4 Å². The van der Waals surface area contributed by atoms with Gasteiger partial charge in [-0.1, -0.05) is 17.7 Å². The standard InChI is InChI=1S/C10H17O3P/c1-4-9(2)6-5-7-10(3)8-13-14(11)12/h4,7H,5-6,8H2,1-3H3/p+1. The highest BCUT2D eigenvalue weighted by Crippen LogP contribution is 2.16. The summed E-state index contributed by atoms with van der Waals surface area (Å²) in [5.41, 5.74) is 2.34. The molecule has 14 heavy (non-hydrogen) atoms. The predicted octanol–water partition coefficient (Wildman–Crippen LogP) is 3.35. The Kier molecular flexibility index (Phi) is 7.58. The van der Waals surface area contributed by atoms with Gasteiger partial charge in [0, 0.05) is 4.57 Å². The molecule has 0 saturated heterocycles. The Morgan fingerprint density at radius 3 is 2.57 bits per heavy atom. The second kappa shape index (κ2) is 7.86. The van der Waals surface area contributed by atoms with Crippen LogP contribution in [-0.2, 0) is 9.09 Å². The van der Waals surface area contributed by atoms with Gasteiger partial charge in [-0.15, -0.1) is 9.42 Å². The van der Waals surface area contributed by atoms with Crippen LogP contribution in [0.5, 0.6) is 0 Å². The quantitative estimate of drug-likeness (QED) is 0.548. The molecule has 0 aliphatic rings. The third-order valence-electron chi connectivity index (χ3n) is 1.93. The van der Waals surface area contributed by atoms with E-state index in [0.717, 1.165) is 18.4 Å². The molecule has 0 bridgehead atoms. The van der Waals surface area contributed by atoms with E-state index in [-0.39, 0.29) is 6.61 Å². The smallest absolute Gasteiger partial charge is 0.133 e. The molecule has 0 amide bonds. The number of rotatable bonds is 6. The van der Waals surface area contributed by atoms with Gasteiger partial charge in [-0.25, -0.2) is 0 Å². The van der Waals surface area contributed by atoms with E-state index in [1.807, 2.05) is 19.9 Å². The van der Waals surface area contributed by atoms with Gasteiger partial charge in [0.1, 0.15) is 6.61 Å². The third-order valence-corrected chi connectivity index (χ3v) is 2.28. The van der Waals surface area contributed by atoms with E-state index in [0.29, 0.717) is 0 Å².